The van der Waals surface area contributed by atoms with E-state index in [0.717, 1.165) is 41.6 Å². The third-order valence-corrected chi connectivity index (χ3v) is 9.24. The molecule has 1 saturated carbocycles. The summed E-state index contributed by atoms with van der Waals surface area (Å²) in [6.07, 6.45) is -1.98. The first-order chi connectivity index (χ1) is 22.1. The van der Waals surface area contributed by atoms with E-state index in [1.54, 1.807) is 4.90 Å². The zero-order chi connectivity index (χ0) is 32.7. The summed E-state index contributed by atoms with van der Waals surface area (Å²) >= 11 is 0. The maximum absolute atomic E-state index is 14.6. The number of aromatic nitrogens is 4. The molecule has 4 aromatic rings. The number of halogens is 3. The molecule has 1 amide bonds. The molecule has 2 fully saturated rings. The zero-order valence-electron chi connectivity index (χ0n) is 25.3. The molecule has 2 aromatic heterocycles. The largest absolute Gasteiger partial charge is 0.394 e. The van der Waals surface area contributed by atoms with Crippen molar-refractivity contribution in [3.05, 3.63) is 71.8 Å². The van der Waals surface area contributed by atoms with Gasteiger partial charge in [0.05, 0.1) is 31.5 Å². The van der Waals surface area contributed by atoms with Crippen LogP contribution in [0.25, 0.3) is 22.2 Å². The van der Waals surface area contributed by atoms with Gasteiger partial charge in [0.25, 0.3) is 5.91 Å². The van der Waals surface area contributed by atoms with Crippen molar-refractivity contribution in [2.75, 3.05) is 13.7 Å². The number of carbonyl (C=O) groups excluding carboxylic acids is 1. The van der Waals surface area contributed by atoms with E-state index in [0.29, 0.717) is 12.8 Å². The highest BCUT2D eigenvalue weighted by molar-refractivity contribution is 5.84. The van der Waals surface area contributed by atoms with E-state index >= 15 is 0 Å². The summed E-state index contributed by atoms with van der Waals surface area (Å²) in [7, 11) is 3.24. The van der Waals surface area contributed by atoms with Crippen molar-refractivity contribution in [3.63, 3.8) is 0 Å². The maximum Gasteiger partial charge on any atom is 0.255 e. The Labute approximate surface area is 262 Å². The Morgan fingerprint density at radius 3 is 2.50 bits per heavy atom. The number of aliphatic hydroxyl groups is 3. The number of rotatable bonds is 8. The van der Waals surface area contributed by atoms with Crippen LogP contribution < -0.4 is 0 Å². The molecule has 7 atom stereocenters. The van der Waals surface area contributed by atoms with Gasteiger partial charge in [0.1, 0.15) is 30.0 Å². The van der Waals surface area contributed by atoms with Gasteiger partial charge >= 0.3 is 0 Å². The minimum Gasteiger partial charge on any atom is -0.394 e. The molecule has 246 valence electrons. The second-order valence-corrected chi connectivity index (χ2v) is 11.9. The lowest BCUT2D eigenvalue weighted by Crippen LogP contribution is -2.62. The van der Waals surface area contributed by atoms with Gasteiger partial charge in [-0.25, -0.2) is 17.9 Å². The monoisotopic (exact) mass is 643 g/mol. The van der Waals surface area contributed by atoms with Gasteiger partial charge in [-0.3, -0.25) is 4.79 Å². The summed E-state index contributed by atoms with van der Waals surface area (Å²) in [5.74, 6) is -4.96. The standard InChI is InChI=1S/C32H36F3N5O6/c1-38-19(11-17-7-3-4-8-23(17)38)14-39(24-9-5-6-10-25(24)42)32(44)31-30(45-2)28(29(43)26(16-41)46-31)40-15-22(36-37-40)18-12-20(33)27(35)21(34)13-18/h3-4,7-8,11-13,15,24-26,28-31,41-43H,5-6,9-10,14,16H2,1-2H3/t24-,25-,26+,28-,29-,30+,31+/m0/s1. The number of hydrogen-bond donors (Lipinski definition) is 3. The molecule has 1 aliphatic heterocycles. The number of carbonyl (C=O) groups is 1. The lowest BCUT2D eigenvalue weighted by atomic mass is 9.88. The van der Waals surface area contributed by atoms with Crippen molar-refractivity contribution >= 4 is 16.8 Å². The Bertz CT molecular complexity index is 1690. The summed E-state index contributed by atoms with van der Waals surface area (Å²) in [4.78, 5) is 16.2. The first-order valence-corrected chi connectivity index (χ1v) is 15.2. The third-order valence-electron chi connectivity index (χ3n) is 9.24. The SMILES string of the molecule is CO[C@@H]1[C@@H](n2cc(-c3cc(F)c(F)c(F)c3)nn2)[C@@H](O)[C@@H](CO)O[C@H]1C(=O)N(Cc1cc2ccccc2n1C)[C@H]1CCCC[C@@H]1O. The average molecular weight is 644 g/mol. The fraction of sp³-hybridized carbons (Fsp3) is 0.469. The minimum absolute atomic E-state index is 0.0301. The molecule has 0 bridgehead atoms. The molecule has 0 unspecified atom stereocenters. The van der Waals surface area contributed by atoms with E-state index in [2.05, 4.69) is 10.3 Å². The van der Waals surface area contributed by atoms with Crippen LogP contribution in [0.1, 0.15) is 37.4 Å². The summed E-state index contributed by atoms with van der Waals surface area (Å²) in [5.41, 5.74) is 1.67. The molecule has 2 aromatic carbocycles. The van der Waals surface area contributed by atoms with Crippen LogP contribution in [0.4, 0.5) is 13.2 Å². The number of hydrogen-bond acceptors (Lipinski definition) is 8. The van der Waals surface area contributed by atoms with Crippen LogP contribution in [0.2, 0.25) is 0 Å². The fourth-order valence-electron chi connectivity index (χ4n) is 6.77. The van der Waals surface area contributed by atoms with Gasteiger partial charge in [-0.2, -0.15) is 0 Å². The van der Waals surface area contributed by atoms with Crippen LogP contribution >= 0.6 is 0 Å². The molecule has 11 nitrogen and oxygen atoms in total. The highest BCUT2D eigenvalue weighted by Gasteiger charge is 2.51. The predicted molar refractivity (Wildman–Crippen MR) is 159 cm³/mol. The van der Waals surface area contributed by atoms with E-state index in [1.165, 1.54) is 18.0 Å². The van der Waals surface area contributed by atoms with Crippen LogP contribution in [0.5, 0.6) is 0 Å². The van der Waals surface area contributed by atoms with Gasteiger partial charge < -0.3 is 34.3 Å². The molecular formula is C32H36F3N5O6. The highest BCUT2D eigenvalue weighted by atomic mass is 19.2. The normalized spacial score (nSPS) is 26.8. The molecule has 14 heteroatoms. The number of methoxy groups -OCH3 is 1. The minimum atomic E-state index is -1.63. The van der Waals surface area contributed by atoms with E-state index in [1.807, 2.05) is 41.9 Å². The van der Waals surface area contributed by atoms with Gasteiger partial charge in [0.15, 0.2) is 23.6 Å². The Morgan fingerprint density at radius 2 is 1.83 bits per heavy atom. The van der Waals surface area contributed by atoms with E-state index in [4.69, 9.17) is 9.47 Å². The van der Waals surface area contributed by atoms with Crippen molar-refractivity contribution in [2.24, 2.45) is 7.05 Å². The summed E-state index contributed by atoms with van der Waals surface area (Å²) in [5, 5.41) is 41.5. The number of benzene rings is 2. The van der Waals surface area contributed by atoms with Gasteiger partial charge in [0.2, 0.25) is 0 Å². The van der Waals surface area contributed by atoms with E-state index < -0.39 is 72.6 Å². The predicted octanol–water partition coefficient (Wildman–Crippen LogP) is 2.86. The molecule has 0 spiro atoms. The van der Waals surface area contributed by atoms with Crippen molar-refractivity contribution in [3.8, 4) is 11.3 Å². The third kappa shape index (κ3) is 5.79. The van der Waals surface area contributed by atoms with Crippen LogP contribution in [-0.2, 0) is 27.9 Å². The topological polar surface area (TPSA) is 135 Å². The first-order valence-electron chi connectivity index (χ1n) is 15.2. The Morgan fingerprint density at radius 1 is 1.11 bits per heavy atom. The van der Waals surface area contributed by atoms with Crippen molar-refractivity contribution in [1.82, 2.24) is 24.5 Å². The van der Waals surface area contributed by atoms with Gasteiger partial charge in [-0.1, -0.05) is 36.3 Å². The number of aryl methyl sites for hydroxylation is 1. The van der Waals surface area contributed by atoms with Gasteiger partial charge in [-0.05, 0) is 42.5 Å². The molecule has 0 radical (unpaired) electrons. The molecule has 1 saturated heterocycles. The lowest BCUT2D eigenvalue weighted by molar-refractivity contribution is -0.219. The second-order valence-electron chi connectivity index (χ2n) is 11.9. The van der Waals surface area contributed by atoms with Gasteiger partial charge in [-0.15, -0.1) is 5.10 Å². The van der Waals surface area contributed by atoms with Crippen LogP contribution in [0.15, 0.2) is 48.7 Å². The number of aliphatic hydroxyl groups excluding tert-OH is 3. The Balaban J connectivity index is 1.36. The van der Waals surface area contributed by atoms with Crippen molar-refractivity contribution in [1.29, 1.82) is 0 Å². The van der Waals surface area contributed by atoms with Crippen LogP contribution in [-0.4, -0.2) is 96.0 Å². The molecule has 6 rings (SSSR count). The molecule has 1 aliphatic carbocycles. The number of ether oxygens (including phenoxy) is 2. The van der Waals surface area contributed by atoms with Crippen LogP contribution in [0.3, 0.4) is 0 Å². The highest BCUT2D eigenvalue weighted by Crippen LogP contribution is 2.36. The Hall–Kier alpha value is -3.82. The molecular weight excluding hydrogens is 607 g/mol. The summed E-state index contributed by atoms with van der Waals surface area (Å²) in [6, 6.07) is 9.66. The Kier molecular flexibility index (Phi) is 9.17. The molecule has 2 aliphatic rings. The summed E-state index contributed by atoms with van der Waals surface area (Å²) < 4.78 is 56.5. The van der Waals surface area contributed by atoms with E-state index in [9.17, 15) is 33.3 Å². The number of fused-ring (bicyclic) bond motifs is 1. The second kappa shape index (κ2) is 13.1. The molecule has 3 heterocycles. The number of amides is 1. The summed E-state index contributed by atoms with van der Waals surface area (Å²) in [6.45, 7) is -0.503. The van der Waals surface area contributed by atoms with Gasteiger partial charge in [0, 0.05) is 30.9 Å². The quantitative estimate of drug-likeness (QED) is 0.250. The van der Waals surface area contributed by atoms with Crippen molar-refractivity contribution in [2.45, 2.75) is 74.8 Å². The molecule has 46 heavy (non-hydrogen) atoms. The lowest BCUT2D eigenvalue weighted by Gasteiger charge is -2.46. The smallest absolute Gasteiger partial charge is 0.255 e. The first kappa shape index (κ1) is 32.1. The fourth-order valence-corrected chi connectivity index (χ4v) is 6.77. The van der Waals surface area contributed by atoms with E-state index in [-0.39, 0.29) is 17.8 Å². The average Bonchev–Trinajstić information content (AvgIpc) is 3.67. The zero-order valence-corrected chi connectivity index (χ0v) is 25.3. The van der Waals surface area contributed by atoms with Crippen molar-refractivity contribution < 1.29 is 42.8 Å². The number of para-hydroxylation sites is 1. The van der Waals surface area contributed by atoms with Crippen LogP contribution in [0, 0.1) is 17.5 Å². The number of nitrogens with zero attached hydrogens (tertiary/aromatic N) is 5. The maximum atomic E-state index is 14.6. The molecule has 3 N–H and O–H groups in total.